The highest BCUT2D eigenvalue weighted by Crippen LogP contribution is 2.21. The Morgan fingerprint density at radius 2 is 2.28 bits per heavy atom. The average Bonchev–Trinajstić information content (AvgIpc) is 2.27. The number of carbonyl (C=O) groups is 1. The van der Waals surface area contributed by atoms with Gasteiger partial charge in [0.05, 0.1) is 18.8 Å². The van der Waals surface area contributed by atoms with Gasteiger partial charge in [-0.05, 0) is 25.1 Å². The van der Waals surface area contributed by atoms with Gasteiger partial charge in [0.1, 0.15) is 5.75 Å². The van der Waals surface area contributed by atoms with Crippen molar-refractivity contribution in [1.29, 1.82) is 0 Å². The molecule has 2 N–H and O–H groups in total. The molecule has 0 aromatic heterocycles. The molecule has 0 unspecified atom stereocenters. The second-order valence-electron chi connectivity index (χ2n) is 3.93. The van der Waals surface area contributed by atoms with Crippen LogP contribution in [0.25, 0.3) is 0 Å². The summed E-state index contributed by atoms with van der Waals surface area (Å²) in [7, 11) is 0. The number of carbonyl (C=O) groups excluding carboxylic acids is 1. The first-order valence-electron chi connectivity index (χ1n) is 5.49. The molecule has 0 bridgehead atoms. The van der Waals surface area contributed by atoms with Crippen molar-refractivity contribution in [2.24, 2.45) is 0 Å². The minimum Gasteiger partial charge on any atom is -0.507 e. The van der Waals surface area contributed by atoms with Gasteiger partial charge in [-0.3, -0.25) is 4.79 Å². The first kappa shape index (κ1) is 14.7. The molecular weight excluding hydrogens is 298 g/mol. The molecule has 1 rings (SSSR count). The van der Waals surface area contributed by atoms with E-state index in [4.69, 9.17) is 4.74 Å². The number of benzene rings is 1. The number of phenols is 1. The Bertz CT molecular complexity index is 446. The van der Waals surface area contributed by atoms with Crippen LogP contribution in [0.5, 0.6) is 5.75 Å². The lowest BCUT2D eigenvalue weighted by atomic mass is 10.2. The van der Waals surface area contributed by atoms with Crippen LogP contribution < -0.4 is 5.32 Å². The molecule has 0 atom stereocenters. The molecule has 0 aliphatic carbocycles. The number of ether oxygens (including phenoxy) is 1. The molecule has 98 valence electrons. The number of halogens is 1. The number of phenolic OH excluding ortho intramolecular Hbond substituents is 1. The fraction of sp³-hybridized carbons (Fsp3) is 0.308. The predicted molar refractivity (Wildman–Crippen MR) is 73.8 cm³/mol. The summed E-state index contributed by atoms with van der Waals surface area (Å²) in [5, 5.41) is 12.3. The summed E-state index contributed by atoms with van der Waals surface area (Å²) in [4.78, 5) is 11.7. The standard InChI is InChI=1S/C13H16BrNO3/c1-9(2)8-18-6-5-15-13(17)11-4-3-10(14)7-12(11)16/h3-4,7,16H,1,5-6,8H2,2H3,(H,15,17). The Morgan fingerprint density at radius 1 is 1.56 bits per heavy atom. The SMILES string of the molecule is C=C(C)COCCNC(=O)c1ccc(Br)cc1O. The van der Waals surface area contributed by atoms with Crippen LogP contribution in [-0.2, 0) is 4.74 Å². The van der Waals surface area contributed by atoms with Crippen molar-refractivity contribution in [2.75, 3.05) is 19.8 Å². The van der Waals surface area contributed by atoms with E-state index >= 15 is 0 Å². The van der Waals surface area contributed by atoms with Gasteiger partial charge in [-0.25, -0.2) is 0 Å². The van der Waals surface area contributed by atoms with E-state index in [0.29, 0.717) is 19.8 Å². The van der Waals surface area contributed by atoms with Crippen LogP contribution in [0.3, 0.4) is 0 Å². The van der Waals surface area contributed by atoms with Crippen molar-refractivity contribution in [3.8, 4) is 5.75 Å². The molecule has 1 aromatic rings. The third kappa shape index (κ3) is 4.89. The van der Waals surface area contributed by atoms with Crippen LogP contribution in [0.2, 0.25) is 0 Å². The molecule has 4 nitrogen and oxygen atoms in total. The van der Waals surface area contributed by atoms with E-state index in [2.05, 4.69) is 27.8 Å². The minimum atomic E-state index is -0.320. The van der Waals surface area contributed by atoms with E-state index in [1.165, 1.54) is 6.07 Å². The van der Waals surface area contributed by atoms with Crippen LogP contribution in [-0.4, -0.2) is 30.8 Å². The van der Waals surface area contributed by atoms with Gasteiger partial charge < -0.3 is 15.2 Å². The normalized spacial score (nSPS) is 10.1. The molecule has 0 spiro atoms. The van der Waals surface area contributed by atoms with Crippen molar-refractivity contribution in [3.05, 3.63) is 40.4 Å². The average molecular weight is 314 g/mol. The van der Waals surface area contributed by atoms with Gasteiger partial charge in [0.2, 0.25) is 0 Å². The fourth-order valence-electron chi connectivity index (χ4n) is 1.28. The maximum Gasteiger partial charge on any atom is 0.255 e. The molecule has 0 saturated carbocycles. The highest BCUT2D eigenvalue weighted by atomic mass is 79.9. The Kier molecular flexibility index (Phi) is 5.88. The van der Waals surface area contributed by atoms with Crippen molar-refractivity contribution in [3.63, 3.8) is 0 Å². The quantitative estimate of drug-likeness (QED) is 0.626. The molecule has 0 aliphatic heterocycles. The molecule has 0 radical (unpaired) electrons. The molecular formula is C13H16BrNO3. The minimum absolute atomic E-state index is 0.0512. The van der Waals surface area contributed by atoms with E-state index in [0.717, 1.165) is 10.0 Å². The fourth-order valence-corrected chi connectivity index (χ4v) is 1.62. The van der Waals surface area contributed by atoms with Crippen LogP contribution in [0.1, 0.15) is 17.3 Å². The topological polar surface area (TPSA) is 58.6 Å². The first-order chi connectivity index (χ1) is 8.50. The lowest BCUT2D eigenvalue weighted by molar-refractivity contribution is 0.0924. The van der Waals surface area contributed by atoms with Gasteiger partial charge in [-0.15, -0.1) is 0 Å². The van der Waals surface area contributed by atoms with E-state index in [1.54, 1.807) is 12.1 Å². The van der Waals surface area contributed by atoms with Gasteiger partial charge in [0, 0.05) is 11.0 Å². The zero-order valence-corrected chi connectivity index (χ0v) is 11.8. The summed E-state index contributed by atoms with van der Waals surface area (Å²) < 4.78 is 5.97. The monoisotopic (exact) mass is 313 g/mol. The summed E-state index contributed by atoms with van der Waals surface area (Å²) in [5.74, 6) is -0.372. The molecule has 5 heteroatoms. The second kappa shape index (κ2) is 7.18. The van der Waals surface area contributed by atoms with E-state index in [9.17, 15) is 9.90 Å². The van der Waals surface area contributed by atoms with Gasteiger partial charge in [-0.1, -0.05) is 28.1 Å². The summed E-state index contributed by atoms with van der Waals surface area (Å²) in [6.07, 6.45) is 0. The summed E-state index contributed by atoms with van der Waals surface area (Å²) in [6, 6.07) is 4.74. The number of rotatable bonds is 6. The van der Waals surface area contributed by atoms with Crippen LogP contribution in [0, 0.1) is 0 Å². The summed E-state index contributed by atoms with van der Waals surface area (Å²) in [6.45, 7) is 6.87. The van der Waals surface area contributed by atoms with Gasteiger partial charge in [0.25, 0.3) is 5.91 Å². The zero-order valence-electron chi connectivity index (χ0n) is 10.2. The molecule has 0 saturated heterocycles. The zero-order chi connectivity index (χ0) is 13.5. The van der Waals surface area contributed by atoms with Gasteiger partial charge >= 0.3 is 0 Å². The second-order valence-corrected chi connectivity index (χ2v) is 4.84. The molecule has 0 aliphatic rings. The lowest BCUT2D eigenvalue weighted by Gasteiger charge is -2.07. The van der Waals surface area contributed by atoms with Crippen molar-refractivity contribution < 1.29 is 14.6 Å². The molecule has 0 heterocycles. The Morgan fingerprint density at radius 3 is 2.89 bits per heavy atom. The highest BCUT2D eigenvalue weighted by molar-refractivity contribution is 9.10. The van der Waals surface area contributed by atoms with Crippen LogP contribution in [0.15, 0.2) is 34.8 Å². The number of amides is 1. The number of hydrogen-bond donors (Lipinski definition) is 2. The smallest absolute Gasteiger partial charge is 0.255 e. The summed E-state index contributed by atoms with van der Waals surface area (Å²) >= 11 is 3.21. The third-order valence-electron chi connectivity index (χ3n) is 2.08. The molecule has 1 aromatic carbocycles. The summed E-state index contributed by atoms with van der Waals surface area (Å²) in [5.41, 5.74) is 1.19. The number of nitrogens with one attached hydrogen (secondary N) is 1. The van der Waals surface area contributed by atoms with Crippen molar-refractivity contribution in [2.45, 2.75) is 6.92 Å². The third-order valence-corrected chi connectivity index (χ3v) is 2.58. The first-order valence-corrected chi connectivity index (χ1v) is 6.29. The molecule has 18 heavy (non-hydrogen) atoms. The molecule has 1 amide bonds. The van der Waals surface area contributed by atoms with E-state index in [-0.39, 0.29) is 17.2 Å². The largest absolute Gasteiger partial charge is 0.507 e. The number of aromatic hydroxyl groups is 1. The van der Waals surface area contributed by atoms with E-state index < -0.39 is 0 Å². The van der Waals surface area contributed by atoms with Crippen LogP contribution >= 0.6 is 15.9 Å². The highest BCUT2D eigenvalue weighted by Gasteiger charge is 2.10. The van der Waals surface area contributed by atoms with Crippen LogP contribution in [0.4, 0.5) is 0 Å². The Hall–Kier alpha value is -1.33. The lowest BCUT2D eigenvalue weighted by Crippen LogP contribution is -2.27. The Labute approximate surface area is 115 Å². The van der Waals surface area contributed by atoms with Crippen molar-refractivity contribution in [1.82, 2.24) is 5.32 Å². The van der Waals surface area contributed by atoms with Gasteiger partial charge in [0.15, 0.2) is 0 Å². The molecule has 0 fully saturated rings. The predicted octanol–water partition coefficient (Wildman–Crippen LogP) is 2.48. The maximum atomic E-state index is 11.7. The van der Waals surface area contributed by atoms with E-state index in [1.807, 2.05) is 6.92 Å². The van der Waals surface area contributed by atoms with Gasteiger partial charge in [-0.2, -0.15) is 0 Å². The van der Waals surface area contributed by atoms with Crippen molar-refractivity contribution >= 4 is 21.8 Å². The maximum absolute atomic E-state index is 11.7. The number of hydrogen-bond acceptors (Lipinski definition) is 3. The Balaban J connectivity index is 2.39.